The molecule has 2 aromatic carbocycles. The van der Waals surface area contributed by atoms with Gasteiger partial charge in [-0.15, -0.1) is 0 Å². The van der Waals surface area contributed by atoms with Crippen LogP contribution in [0.15, 0.2) is 66.9 Å². The van der Waals surface area contributed by atoms with Crippen LogP contribution >= 0.6 is 0 Å². The molecule has 0 spiro atoms. The van der Waals surface area contributed by atoms with Crippen molar-refractivity contribution in [3.8, 4) is 0 Å². The fourth-order valence-corrected chi connectivity index (χ4v) is 2.49. The van der Waals surface area contributed by atoms with Crippen molar-refractivity contribution in [2.75, 3.05) is 0 Å². The summed E-state index contributed by atoms with van der Waals surface area (Å²) in [5.74, 6) is -1.52. The highest BCUT2D eigenvalue weighted by Gasteiger charge is 2.21. The number of aromatic nitrogens is 1. The minimum Gasteiger partial charge on any atom is -0.480 e. The molecule has 0 bridgehead atoms. The quantitative estimate of drug-likeness (QED) is 0.757. The minimum absolute atomic E-state index is 0.225. The van der Waals surface area contributed by atoms with E-state index in [1.165, 1.54) is 6.20 Å². The number of aliphatic carboxylic acids is 1. The topological polar surface area (TPSA) is 79.3 Å². The lowest BCUT2D eigenvalue weighted by atomic mass is 10.1. The number of hydrogen-bond donors (Lipinski definition) is 2. The number of carbonyl (C=O) groups is 2. The number of fused-ring (bicyclic) bond motifs is 1. The van der Waals surface area contributed by atoms with E-state index in [1.54, 1.807) is 6.07 Å². The van der Waals surface area contributed by atoms with Crippen LogP contribution in [0.5, 0.6) is 0 Å². The molecule has 5 heteroatoms. The van der Waals surface area contributed by atoms with Crippen molar-refractivity contribution in [1.82, 2.24) is 10.3 Å². The third-order valence-corrected chi connectivity index (χ3v) is 3.74. The van der Waals surface area contributed by atoms with Crippen LogP contribution in [0.3, 0.4) is 0 Å². The molecule has 3 aromatic rings. The first-order chi connectivity index (χ1) is 11.6. The predicted octanol–water partition coefficient (Wildman–Crippen LogP) is 2.66. The average Bonchev–Trinajstić information content (AvgIpc) is 2.61. The van der Waals surface area contributed by atoms with Crippen LogP contribution in [0.4, 0.5) is 0 Å². The molecule has 0 unspecified atom stereocenters. The molecule has 0 saturated carbocycles. The number of nitrogens with zero attached hydrogens (tertiary/aromatic N) is 1. The summed E-state index contributed by atoms with van der Waals surface area (Å²) in [4.78, 5) is 28.1. The van der Waals surface area contributed by atoms with Crippen LogP contribution in [-0.2, 0) is 11.2 Å². The van der Waals surface area contributed by atoms with Gasteiger partial charge < -0.3 is 10.4 Å². The molecule has 5 nitrogen and oxygen atoms in total. The Balaban J connectivity index is 1.78. The van der Waals surface area contributed by atoms with Gasteiger partial charge in [0.15, 0.2) is 0 Å². The van der Waals surface area contributed by atoms with Crippen LogP contribution in [0.1, 0.15) is 15.9 Å². The summed E-state index contributed by atoms with van der Waals surface area (Å²) in [6.45, 7) is 0. The number of carbonyl (C=O) groups excluding carboxylic acids is 1. The van der Waals surface area contributed by atoms with E-state index in [0.29, 0.717) is 5.56 Å². The molecule has 0 aliphatic carbocycles. The summed E-state index contributed by atoms with van der Waals surface area (Å²) in [7, 11) is 0. The van der Waals surface area contributed by atoms with Gasteiger partial charge in [0.25, 0.3) is 5.91 Å². The second-order valence-electron chi connectivity index (χ2n) is 5.47. The number of hydrogen-bond acceptors (Lipinski definition) is 3. The summed E-state index contributed by atoms with van der Waals surface area (Å²) < 4.78 is 0. The van der Waals surface area contributed by atoms with E-state index >= 15 is 0 Å². The van der Waals surface area contributed by atoms with Gasteiger partial charge in [0.2, 0.25) is 0 Å². The van der Waals surface area contributed by atoms with Crippen LogP contribution in [-0.4, -0.2) is 28.0 Å². The maximum atomic E-state index is 12.4. The lowest BCUT2D eigenvalue weighted by molar-refractivity contribution is -0.139. The van der Waals surface area contributed by atoms with Crippen LogP contribution in [0, 0.1) is 0 Å². The molecule has 0 saturated heterocycles. The lowest BCUT2D eigenvalue weighted by Crippen LogP contribution is -2.42. The first-order valence-electron chi connectivity index (χ1n) is 7.56. The third-order valence-electron chi connectivity index (χ3n) is 3.74. The van der Waals surface area contributed by atoms with E-state index in [4.69, 9.17) is 0 Å². The molecule has 120 valence electrons. The first kappa shape index (κ1) is 15.7. The van der Waals surface area contributed by atoms with Crippen LogP contribution in [0.25, 0.3) is 10.9 Å². The molecule has 0 aliphatic rings. The highest BCUT2D eigenvalue weighted by Crippen LogP contribution is 2.13. The van der Waals surface area contributed by atoms with Crippen molar-refractivity contribution in [2.24, 2.45) is 0 Å². The minimum atomic E-state index is -1.07. The van der Waals surface area contributed by atoms with E-state index in [2.05, 4.69) is 10.3 Å². The number of para-hydroxylation sites is 1. The zero-order chi connectivity index (χ0) is 16.9. The van der Waals surface area contributed by atoms with E-state index in [-0.39, 0.29) is 6.42 Å². The van der Waals surface area contributed by atoms with Crippen LogP contribution < -0.4 is 5.32 Å². The fraction of sp³-hybridized carbons (Fsp3) is 0.105. The summed E-state index contributed by atoms with van der Waals surface area (Å²) >= 11 is 0. The zero-order valence-corrected chi connectivity index (χ0v) is 12.8. The number of rotatable bonds is 5. The second-order valence-corrected chi connectivity index (χ2v) is 5.47. The smallest absolute Gasteiger partial charge is 0.326 e. The Bertz CT molecular complexity index is 878. The van der Waals surface area contributed by atoms with Crippen molar-refractivity contribution >= 4 is 22.8 Å². The van der Waals surface area contributed by atoms with Gasteiger partial charge in [0, 0.05) is 18.0 Å². The summed E-state index contributed by atoms with van der Waals surface area (Å²) in [6.07, 6.45) is 1.68. The first-order valence-corrected chi connectivity index (χ1v) is 7.56. The van der Waals surface area contributed by atoms with Crippen molar-refractivity contribution in [3.05, 3.63) is 78.0 Å². The molecule has 1 heterocycles. The summed E-state index contributed by atoms with van der Waals surface area (Å²) in [5.41, 5.74) is 1.97. The fourth-order valence-electron chi connectivity index (χ4n) is 2.49. The van der Waals surface area contributed by atoms with Crippen molar-refractivity contribution < 1.29 is 14.7 Å². The second kappa shape index (κ2) is 6.91. The van der Waals surface area contributed by atoms with Gasteiger partial charge in [-0.05, 0) is 17.7 Å². The van der Waals surface area contributed by atoms with Gasteiger partial charge in [-0.3, -0.25) is 9.78 Å². The molecule has 1 aromatic heterocycles. The van der Waals surface area contributed by atoms with Crippen molar-refractivity contribution in [1.29, 1.82) is 0 Å². The zero-order valence-electron chi connectivity index (χ0n) is 12.8. The molecule has 2 N–H and O–H groups in total. The van der Waals surface area contributed by atoms with Gasteiger partial charge in [-0.2, -0.15) is 0 Å². The van der Waals surface area contributed by atoms with Gasteiger partial charge in [0.1, 0.15) is 6.04 Å². The molecule has 1 atom stereocenters. The van der Waals surface area contributed by atoms with E-state index < -0.39 is 17.9 Å². The van der Waals surface area contributed by atoms with Gasteiger partial charge in [-0.25, -0.2) is 4.79 Å². The van der Waals surface area contributed by atoms with Crippen molar-refractivity contribution in [2.45, 2.75) is 12.5 Å². The number of amides is 1. The Morgan fingerprint density at radius 1 is 1.04 bits per heavy atom. The molecule has 1 amide bonds. The van der Waals surface area contributed by atoms with E-state index in [0.717, 1.165) is 16.5 Å². The molecule has 24 heavy (non-hydrogen) atoms. The molecule has 0 fully saturated rings. The van der Waals surface area contributed by atoms with Crippen molar-refractivity contribution in [3.63, 3.8) is 0 Å². The standard InChI is InChI=1S/C19H16N2O3/c22-18(15-11-14-8-4-5-9-16(14)20-12-15)21-17(19(23)24)10-13-6-2-1-3-7-13/h1-9,11-12,17H,10H2,(H,21,22)(H,23,24)/t17-/m1/s1. The lowest BCUT2D eigenvalue weighted by Gasteiger charge is -2.14. The maximum Gasteiger partial charge on any atom is 0.326 e. The highest BCUT2D eigenvalue weighted by atomic mass is 16.4. The number of nitrogens with one attached hydrogen (secondary N) is 1. The molecular weight excluding hydrogens is 304 g/mol. The van der Waals surface area contributed by atoms with Crippen LogP contribution in [0.2, 0.25) is 0 Å². The van der Waals surface area contributed by atoms with E-state index in [9.17, 15) is 14.7 Å². The normalized spacial score (nSPS) is 11.8. The summed E-state index contributed by atoms with van der Waals surface area (Å²) in [6, 6.07) is 17.4. The highest BCUT2D eigenvalue weighted by molar-refractivity contribution is 5.99. The Hall–Kier alpha value is -3.21. The number of carboxylic acid groups (broad SMARTS) is 1. The monoisotopic (exact) mass is 320 g/mol. The largest absolute Gasteiger partial charge is 0.480 e. The maximum absolute atomic E-state index is 12.4. The molecule has 0 aliphatic heterocycles. The number of benzene rings is 2. The molecular formula is C19H16N2O3. The average molecular weight is 320 g/mol. The van der Waals surface area contributed by atoms with Gasteiger partial charge in [0.05, 0.1) is 11.1 Å². The number of pyridine rings is 1. The summed E-state index contributed by atoms with van der Waals surface area (Å²) in [5, 5.41) is 12.8. The Morgan fingerprint density at radius 3 is 2.50 bits per heavy atom. The Kier molecular flexibility index (Phi) is 4.52. The predicted molar refractivity (Wildman–Crippen MR) is 90.8 cm³/mol. The van der Waals surface area contributed by atoms with E-state index in [1.807, 2.05) is 54.6 Å². The SMILES string of the molecule is O=C(N[C@H](Cc1ccccc1)C(=O)O)c1cnc2ccccc2c1. The molecule has 3 rings (SSSR count). The Morgan fingerprint density at radius 2 is 1.75 bits per heavy atom. The molecule has 0 radical (unpaired) electrons. The van der Waals surface area contributed by atoms with Gasteiger partial charge >= 0.3 is 5.97 Å². The number of carboxylic acids is 1. The third kappa shape index (κ3) is 3.57. The van der Waals surface area contributed by atoms with Gasteiger partial charge in [-0.1, -0.05) is 48.5 Å². The Labute approximate surface area is 139 Å².